The highest BCUT2D eigenvalue weighted by Crippen LogP contribution is 2.39. The standard InChI is InChI=1S/C22H25N3.C2H6/c1-24-14-10-18(11-15-24)21-16-20(17-8-12-23-13-9-17)22(25(21)2)19-6-4-3-5-7-19;1-2/h3-9,12-13,16,18H,10-11,14-15H2,1-2H3;1-2H3. The first-order chi connectivity index (χ1) is 13.2. The number of benzene rings is 1. The van der Waals surface area contributed by atoms with Crippen molar-refractivity contribution in [3.8, 4) is 22.4 Å². The minimum Gasteiger partial charge on any atom is -0.347 e. The Morgan fingerprint density at radius 3 is 2.11 bits per heavy atom. The maximum absolute atomic E-state index is 4.19. The molecule has 0 spiro atoms. The van der Waals surface area contributed by atoms with Crippen molar-refractivity contribution in [1.29, 1.82) is 0 Å². The predicted molar refractivity (Wildman–Crippen MR) is 115 cm³/mol. The highest BCUT2D eigenvalue weighted by molar-refractivity contribution is 5.82. The third-order valence-corrected chi connectivity index (χ3v) is 5.45. The van der Waals surface area contributed by atoms with Gasteiger partial charge in [-0.05, 0) is 62.3 Å². The lowest BCUT2D eigenvalue weighted by Crippen LogP contribution is -2.29. The summed E-state index contributed by atoms with van der Waals surface area (Å²) < 4.78 is 2.42. The van der Waals surface area contributed by atoms with Crippen LogP contribution in [0, 0.1) is 0 Å². The lowest BCUT2D eigenvalue weighted by Gasteiger charge is -2.29. The number of hydrogen-bond donors (Lipinski definition) is 0. The number of likely N-dealkylation sites (tertiary alicyclic amines) is 1. The van der Waals surface area contributed by atoms with Crippen molar-refractivity contribution in [2.75, 3.05) is 20.1 Å². The highest BCUT2D eigenvalue weighted by Gasteiger charge is 2.24. The Labute approximate surface area is 163 Å². The van der Waals surface area contributed by atoms with Crippen LogP contribution in [0.3, 0.4) is 0 Å². The van der Waals surface area contributed by atoms with Crippen molar-refractivity contribution >= 4 is 0 Å². The summed E-state index contributed by atoms with van der Waals surface area (Å²) in [6.45, 7) is 6.36. The monoisotopic (exact) mass is 361 g/mol. The van der Waals surface area contributed by atoms with Gasteiger partial charge >= 0.3 is 0 Å². The Morgan fingerprint density at radius 1 is 0.852 bits per heavy atom. The van der Waals surface area contributed by atoms with E-state index in [4.69, 9.17) is 0 Å². The first-order valence-corrected chi connectivity index (χ1v) is 10.1. The van der Waals surface area contributed by atoms with Crippen LogP contribution in [-0.4, -0.2) is 34.6 Å². The third kappa shape index (κ3) is 4.14. The zero-order chi connectivity index (χ0) is 19.2. The van der Waals surface area contributed by atoms with Gasteiger partial charge in [0.1, 0.15) is 0 Å². The summed E-state index contributed by atoms with van der Waals surface area (Å²) >= 11 is 0. The molecule has 3 heterocycles. The van der Waals surface area contributed by atoms with Crippen LogP contribution >= 0.6 is 0 Å². The van der Waals surface area contributed by atoms with Gasteiger partial charge in [-0.15, -0.1) is 0 Å². The minimum absolute atomic E-state index is 0.638. The van der Waals surface area contributed by atoms with Crippen molar-refractivity contribution in [3.63, 3.8) is 0 Å². The molecule has 1 aliphatic rings. The van der Waals surface area contributed by atoms with E-state index in [9.17, 15) is 0 Å². The van der Waals surface area contributed by atoms with Crippen LogP contribution in [-0.2, 0) is 7.05 Å². The van der Waals surface area contributed by atoms with Crippen LogP contribution in [0.4, 0.5) is 0 Å². The molecule has 0 bridgehead atoms. The summed E-state index contributed by atoms with van der Waals surface area (Å²) in [6.07, 6.45) is 6.23. The van der Waals surface area contributed by atoms with Crippen LogP contribution in [0.2, 0.25) is 0 Å². The summed E-state index contributed by atoms with van der Waals surface area (Å²) in [4.78, 5) is 6.62. The topological polar surface area (TPSA) is 21.1 Å². The maximum atomic E-state index is 4.19. The van der Waals surface area contributed by atoms with E-state index >= 15 is 0 Å². The van der Waals surface area contributed by atoms with Gasteiger partial charge in [-0.2, -0.15) is 0 Å². The summed E-state index contributed by atoms with van der Waals surface area (Å²) in [5.74, 6) is 0.638. The second kappa shape index (κ2) is 9.01. The van der Waals surface area contributed by atoms with Crippen molar-refractivity contribution in [1.82, 2.24) is 14.5 Å². The number of hydrogen-bond acceptors (Lipinski definition) is 2. The Balaban J connectivity index is 0.00000102. The van der Waals surface area contributed by atoms with Gasteiger partial charge in [-0.3, -0.25) is 4.98 Å². The van der Waals surface area contributed by atoms with Gasteiger partial charge in [0, 0.05) is 36.6 Å². The second-order valence-corrected chi connectivity index (χ2v) is 7.07. The van der Waals surface area contributed by atoms with E-state index in [1.807, 2.05) is 26.2 Å². The lowest BCUT2D eigenvalue weighted by molar-refractivity contribution is 0.252. The fourth-order valence-electron chi connectivity index (χ4n) is 4.02. The zero-order valence-electron chi connectivity index (χ0n) is 17.0. The number of pyridine rings is 1. The van der Waals surface area contributed by atoms with Crippen molar-refractivity contribution in [2.24, 2.45) is 7.05 Å². The van der Waals surface area contributed by atoms with E-state index in [1.165, 1.54) is 54.0 Å². The molecule has 1 saturated heterocycles. The highest BCUT2D eigenvalue weighted by atomic mass is 15.1. The molecule has 142 valence electrons. The molecule has 1 fully saturated rings. The van der Waals surface area contributed by atoms with Crippen LogP contribution in [0.15, 0.2) is 60.9 Å². The average molecular weight is 362 g/mol. The van der Waals surface area contributed by atoms with Crippen LogP contribution in [0.25, 0.3) is 22.4 Å². The van der Waals surface area contributed by atoms with Crippen LogP contribution < -0.4 is 0 Å². The smallest absolute Gasteiger partial charge is 0.0559 e. The number of nitrogens with zero attached hydrogens (tertiary/aromatic N) is 3. The largest absolute Gasteiger partial charge is 0.347 e. The fraction of sp³-hybridized carbons (Fsp3) is 0.375. The molecule has 1 aliphatic heterocycles. The average Bonchev–Trinajstić information content (AvgIpc) is 3.08. The summed E-state index contributed by atoms with van der Waals surface area (Å²) in [7, 11) is 4.44. The molecule has 3 aromatic rings. The Morgan fingerprint density at radius 2 is 1.48 bits per heavy atom. The predicted octanol–water partition coefficient (Wildman–Crippen LogP) is 5.59. The lowest BCUT2D eigenvalue weighted by atomic mass is 9.93. The summed E-state index contributed by atoms with van der Waals surface area (Å²) in [5.41, 5.74) is 6.59. The maximum Gasteiger partial charge on any atom is 0.0559 e. The van der Waals surface area contributed by atoms with Crippen LogP contribution in [0.1, 0.15) is 38.3 Å². The molecule has 4 rings (SSSR count). The first kappa shape index (κ1) is 19.4. The Hall–Kier alpha value is -2.39. The van der Waals surface area contributed by atoms with E-state index in [0.717, 1.165) is 0 Å². The Kier molecular flexibility index (Phi) is 6.46. The molecule has 2 aromatic heterocycles. The molecule has 3 heteroatoms. The molecule has 0 radical (unpaired) electrons. The van der Waals surface area contributed by atoms with Gasteiger partial charge in [0.25, 0.3) is 0 Å². The molecule has 0 amide bonds. The molecular formula is C24H31N3. The number of rotatable bonds is 3. The second-order valence-electron chi connectivity index (χ2n) is 7.07. The van der Waals surface area contributed by atoms with Gasteiger partial charge in [0.05, 0.1) is 5.69 Å². The van der Waals surface area contributed by atoms with E-state index < -0.39 is 0 Å². The molecule has 3 nitrogen and oxygen atoms in total. The van der Waals surface area contributed by atoms with E-state index in [0.29, 0.717) is 5.92 Å². The number of aromatic nitrogens is 2. The fourth-order valence-corrected chi connectivity index (χ4v) is 4.02. The molecule has 0 saturated carbocycles. The van der Waals surface area contributed by atoms with Crippen molar-refractivity contribution in [2.45, 2.75) is 32.6 Å². The zero-order valence-corrected chi connectivity index (χ0v) is 17.0. The summed E-state index contributed by atoms with van der Waals surface area (Å²) in [6, 6.07) is 17.4. The Bertz CT molecular complexity index is 829. The third-order valence-electron chi connectivity index (χ3n) is 5.45. The SMILES string of the molecule is CC.CN1CCC(c2cc(-c3ccncc3)c(-c3ccccc3)n2C)CC1. The minimum atomic E-state index is 0.638. The van der Waals surface area contributed by atoms with Gasteiger partial charge in [-0.1, -0.05) is 44.2 Å². The van der Waals surface area contributed by atoms with Crippen molar-refractivity contribution < 1.29 is 0 Å². The molecule has 0 N–H and O–H groups in total. The molecule has 1 aromatic carbocycles. The van der Waals surface area contributed by atoms with Gasteiger partial charge in [-0.25, -0.2) is 0 Å². The molecule has 0 aliphatic carbocycles. The van der Waals surface area contributed by atoms with E-state index in [2.05, 4.69) is 77.1 Å². The normalized spacial score (nSPS) is 15.3. The van der Waals surface area contributed by atoms with Crippen LogP contribution in [0.5, 0.6) is 0 Å². The quantitative estimate of drug-likeness (QED) is 0.606. The van der Waals surface area contributed by atoms with Gasteiger partial charge < -0.3 is 9.47 Å². The van der Waals surface area contributed by atoms with E-state index in [-0.39, 0.29) is 0 Å². The van der Waals surface area contributed by atoms with Crippen molar-refractivity contribution in [3.05, 3.63) is 66.6 Å². The van der Waals surface area contributed by atoms with E-state index in [1.54, 1.807) is 0 Å². The molecule has 27 heavy (non-hydrogen) atoms. The van der Waals surface area contributed by atoms with Gasteiger partial charge in [0.2, 0.25) is 0 Å². The first-order valence-electron chi connectivity index (χ1n) is 10.1. The summed E-state index contributed by atoms with van der Waals surface area (Å²) in [5, 5.41) is 0. The molecule has 0 atom stereocenters. The van der Waals surface area contributed by atoms with Gasteiger partial charge in [0.15, 0.2) is 0 Å². The molecular weight excluding hydrogens is 330 g/mol. The molecule has 0 unspecified atom stereocenters. The number of piperidine rings is 1.